The predicted molar refractivity (Wildman–Crippen MR) is 153 cm³/mol. The Balaban J connectivity index is 1.36. The highest BCUT2D eigenvalue weighted by Gasteiger charge is 2.22. The summed E-state index contributed by atoms with van der Waals surface area (Å²) in [6.07, 6.45) is 1.69. The summed E-state index contributed by atoms with van der Waals surface area (Å²) in [7, 11) is 0. The maximum atomic E-state index is 13.3. The minimum Gasteiger partial charge on any atom is -0.456 e. The Morgan fingerprint density at radius 3 is 2.03 bits per heavy atom. The maximum absolute atomic E-state index is 13.3. The van der Waals surface area contributed by atoms with Crippen molar-refractivity contribution >= 4 is 29.1 Å². The van der Waals surface area contributed by atoms with E-state index in [9.17, 15) is 9.59 Å². The molecule has 0 saturated carbocycles. The van der Waals surface area contributed by atoms with Gasteiger partial charge in [0.15, 0.2) is 0 Å². The second-order valence-electron chi connectivity index (χ2n) is 11.1. The minimum atomic E-state index is -0.513. The molecule has 1 aliphatic heterocycles. The number of pyridine rings is 1. The fraction of sp³-hybridized carbons (Fsp3) is 0.387. The third-order valence-electron chi connectivity index (χ3n) is 6.33. The average molecular weight is 515 g/mol. The van der Waals surface area contributed by atoms with E-state index in [0.717, 1.165) is 43.4 Å². The Bertz CT molecular complexity index is 1210. The van der Waals surface area contributed by atoms with Crippen molar-refractivity contribution in [3.05, 3.63) is 84.1 Å². The maximum Gasteiger partial charge on any atom is 0.338 e. The van der Waals surface area contributed by atoms with Crippen LogP contribution in [0.4, 0.5) is 17.2 Å². The number of hydrogen-bond acceptors (Lipinski definition) is 6. The second kappa shape index (κ2) is 11.7. The van der Waals surface area contributed by atoms with E-state index < -0.39 is 5.60 Å². The number of rotatable bonds is 7. The molecular weight excluding hydrogens is 476 g/mol. The van der Waals surface area contributed by atoms with Gasteiger partial charge in [-0.1, -0.05) is 32.0 Å². The predicted octanol–water partition coefficient (Wildman–Crippen LogP) is 5.67. The molecule has 0 bridgehead atoms. The van der Waals surface area contributed by atoms with Gasteiger partial charge in [0.2, 0.25) is 0 Å². The van der Waals surface area contributed by atoms with Crippen LogP contribution in [0.1, 0.15) is 55.3 Å². The third kappa shape index (κ3) is 6.91. The largest absolute Gasteiger partial charge is 0.456 e. The molecule has 1 saturated heterocycles. The van der Waals surface area contributed by atoms with E-state index >= 15 is 0 Å². The topological polar surface area (TPSA) is 66.0 Å². The van der Waals surface area contributed by atoms with E-state index in [1.54, 1.807) is 6.20 Å². The number of para-hydroxylation sites is 1. The van der Waals surface area contributed by atoms with Crippen LogP contribution in [0.25, 0.3) is 0 Å². The first kappa shape index (κ1) is 27.2. The van der Waals surface area contributed by atoms with Gasteiger partial charge >= 0.3 is 5.97 Å². The van der Waals surface area contributed by atoms with Gasteiger partial charge in [0.25, 0.3) is 5.91 Å². The Hall–Kier alpha value is -3.87. The van der Waals surface area contributed by atoms with Crippen LogP contribution >= 0.6 is 0 Å². The number of benzene rings is 2. The number of carbonyl (C=O) groups is 2. The Morgan fingerprint density at radius 2 is 1.47 bits per heavy atom. The van der Waals surface area contributed by atoms with Gasteiger partial charge in [-0.3, -0.25) is 4.79 Å². The summed E-state index contributed by atoms with van der Waals surface area (Å²) in [6.45, 7) is 13.8. The van der Waals surface area contributed by atoms with E-state index in [2.05, 4.69) is 28.6 Å². The zero-order valence-corrected chi connectivity index (χ0v) is 23.1. The molecule has 0 aliphatic carbocycles. The summed E-state index contributed by atoms with van der Waals surface area (Å²) >= 11 is 0. The molecule has 0 N–H and O–H groups in total. The molecule has 2 heterocycles. The summed E-state index contributed by atoms with van der Waals surface area (Å²) in [5, 5.41) is 0. The van der Waals surface area contributed by atoms with Gasteiger partial charge in [0.05, 0.1) is 11.1 Å². The molecule has 7 heteroatoms. The van der Waals surface area contributed by atoms with Gasteiger partial charge in [0, 0.05) is 50.3 Å². The zero-order chi connectivity index (χ0) is 27.3. The van der Waals surface area contributed by atoms with Gasteiger partial charge in [-0.15, -0.1) is 0 Å². The van der Waals surface area contributed by atoms with E-state index in [1.165, 1.54) is 0 Å². The molecule has 0 radical (unpaired) electrons. The lowest BCUT2D eigenvalue weighted by atomic mass is 10.1. The van der Waals surface area contributed by atoms with Crippen molar-refractivity contribution in [1.82, 2.24) is 4.98 Å². The molecule has 1 fully saturated rings. The molecule has 1 amide bonds. The molecule has 200 valence electrons. The number of carbonyl (C=O) groups excluding carboxylic acids is 2. The molecule has 38 heavy (non-hydrogen) atoms. The van der Waals surface area contributed by atoms with Crippen LogP contribution in [0, 0.1) is 5.92 Å². The number of anilines is 3. The van der Waals surface area contributed by atoms with Gasteiger partial charge in [-0.2, -0.15) is 0 Å². The van der Waals surface area contributed by atoms with E-state index in [0.29, 0.717) is 23.6 Å². The van der Waals surface area contributed by atoms with Gasteiger partial charge in [-0.25, -0.2) is 9.78 Å². The monoisotopic (exact) mass is 514 g/mol. The van der Waals surface area contributed by atoms with Crippen LogP contribution in [0.15, 0.2) is 72.9 Å². The smallest absolute Gasteiger partial charge is 0.338 e. The Kier molecular flexibility index (Phi) is 8.35. The van der Waals surface area contributed by atoms with Crippen LogP contribution in [0.3, 0.4) is 0 Å². The van der Waals surface area contributed by atoms with Gasteiger partial charge < -0.3 is 19.4 Å². The lowest BCUT2D eigenvalue weighted by Gasteiger charge is -2.36. The van der Waals surface area contributed by atoms with Crippen molar-refractivity contribution in [1.29, 1.82) is 0 Å². The molecule has 0 unspecified atom stereocenters. The zero-order valence-electron chi connectivity index (χ0n) is 23.1. The van der Waals surface area contributed by atoms with Crippen LogP contribution < -0.4 is 14.7 Å². The summed E-state index contributed by atoms with van der Waals surface area (Å²) in [6, 6.07) is 21.2. The van der Waals surface area contributed by atoms with Crippen molar-refractivity contribution in [2.45, 2.75) is 40.2 Å². The molecule has 1 aromatic heterocycles. The highest BCUT2D eigenvalue weighted by Crippen LogP contribution is 2.23. The molecule has 0 atom stereocenters. The molecule has 1 aliphatic rings. The molecule has 3 aromatic rings. The lowest BCUT2D eigenvalue weighted by molar-refractivity contribution is 0.00694. The first-order valence-electron chi connectivity index (χ1n) is 13.3. The summed E-state index contributed by atoms with van der Waals surface area (Å²) < 4.78 is 5.46. The van der Waals surface area contributed by atoms with Crippen LogP contribution in [0.5, 0.6) is 0 Å². The summed E-state index contributed by atoms with van der Waals surface area (Å²) in [5.41, 5.74) is 2.60. The molecule has 4 rings (SSSR count). The number of aromatic nitrogens is 1. The highest BCUT2D eigenvalue weighted by molar-refractivity contribution is 6.06. The van der Waals surface area contributed by atoms with Crippen molar-refractivity contribution in [3.63, 3.8) is 0 Å². The van der Waals surface area contributed by atoms with Crippen LogP contribution in [-0.4, -0.2) is 55.2 Å². The lowest BCUT2D eigenvalue weighted by Crippen LogP contribution is -2.46. The van der Waals surface area contributed by atoms with E-state index in [4.69, 9.17) is 4.74 Å². The molecular formula is C31H38N4O3. The standard InChI is InChI=1S/C31H38N4O3/c1-23(2)22-35(27-9-7-6-8-10-27)29(36)25-13-16-28(32-21-25)34-19-17-33(18-20-34)26-14-11-24(12-15-26)30(37)38-31(3,4)5/h6-16,21,23H,17-20,22H2,1-5H3. The third-order valence-corrected chi connectivity index (χ3v) is 6.33. The van der Waals surface area contributed by atoms with E-state index in [-0.39, 0.29) is 11.9 Å². The first-order chi connectivity index (χ1) is 18.1. The highest BCUT2D eigenvalue weighted by atomic mass is 16.6. The van der Waals surface area contributed by atoms with Crippen molar-refractivity contribution in [3.8, 4) is 0 Å². The number of piperazine rings is 1. The molecule has 0 spiro atoms. The number of esters is 1. The van der Waals surface area contributed by atoms with Crippen LogP contribution in [-0.2, 0) is 4.74 Å². The van der Waals surface area contributed by atoms with E-state index in [1.807, 2.05) is 92.4 Å². The summed E-state index contributed by atoms with van der Waals surface area (Å²) in [4.78, 5) is 36.7. The molecule has 7 nitrogen and oxygen atoms in total. The van der Waals surface area contributed by atoms with Crippen LogP contribution in [0.2, 0.25) is 0 Å². The normalized spacial score (nSPS) is 13.9. The number of ether oxygens (including phenoxy) is 1. The Morgan fingerprint density at radius 1 is 0.868 bits per heavy atom. The van der Waals surface area contributed by atoms with Crippen molar-refractivity contribution in [2.24, 2.45) is 5.92 Å². The number of hydrogen-bond donors (Lipinski definition) is 0. The first-order valence-corrected chi connectivity index (χ1v) is 13.3. The summed E-state index contributed by atoms with van der Waals surface area (Å²) in [5.74, 6) is 0.870. The quantitative estimate of drug-likeness (QED) is 0.379. The second-order valence-corrected chi connectivity index (χ2v) is 11.1. The number of amides is 1. The van der Waals surface area contributed by atoms with Gasteiger partial charge in [0.1, 0.15) is 11.4 Å². The molecule has 2 aromatic carbocycles. The SMILES string of the molecule is CC(C)CN(C(=O)c1ccc(N2CCN(c3ccc(C(=O)OC(C)(C)C)cc3)CC2)nc1)c1ccccc1. The fourth-order valence-electron chi connectivity index (χ4n) is 4.47. The van der Waals surface area contributed by atoms with Crippen molar-refractivity contribution < 1.29 is 14.3 Å². The Labute approximate surface area is 226 Å². The van der Waals surface area contributed by atoms with Crippen molar-refractivity contribution in [2.75, 3.05) is 47.4 Å². The van der Waals surface area contributed by atoms with Gasteiger partial charge in [-0.05, 0) is 75.2 Å². The fourth-order valence-corrected chi connectivity index (χ4v) is 4.47. The average Bonchev–Trinajstić information content (AvgIpc) is 2.91. The number of nitrogens with zero attached hydrogens (tertiary/aromatic N) is 4. The minimum absolute atomic E-state index is 0.0383.